The highest BCUT2D eigenvalue weighted by Gasteiger charge is 2.12. The standard InChI is InChI=1S/C16H16BrN3O3/c1-23-9-8-18-15(21)13-6-3-7-14(20-13)16(22)19-12-5-2-4-11(17)10-12/h2-7,10H,8-9H2,1H3,(H,18,21)(H,19,22). The van der Waals surface area contributed by atoms with Gasteiger partial charge in [0.25, 0.3) is 11.8 Å². The molecule has 6 nitrogen and oxygen atoms in total. The van der Waals surface area contributed by atoms with Gasteiger partial charge in [0.15, 0.2) is 0 Å². The van der Waals surface area contributed by atoms with Crippen molar-refractivity contribution in [3.05, 3.63) is 58.3 Å². The Hall–Kier alpha value is -2.25. The van der Waals surface area contributed by atoms with Gasteiger partial charge in [0, 0.05) is 23.8 Å². The average Bonchev–Trinajstić information content (AvgIpc) is 2.55. The zero-order valence-electron chi connectivity index (χ0n) is 12.5. The predicted molar refractivity (Wildman–Crippen MR) is 90.5 cm³/mol. The molecule has 0 atom stereocenters. The maximum atomic E-state index is 12.2. The number of amides is 2. The van der Waals surface area contributed by atoms with Crippen LogP contribution in [-0.2, 0) is 4.74 Å². The van der Waals surface area contributed by atoms with Gasteiger partial charge in [-0.1, -0.05) is 28.1 Å². The highest BCUT2D eigenvalue weighted by atomic mass is 79.9. The molecule has 0 aliphatic carbocycles. The SMILES string of the molecule is COCCNC(=O)c1cccc(C(=O)Nc2cccc(Br)c2)n1. The van der Waals surface area contributed by atoms with Crippen LogP contribution in [-0.4, -0.2) is 37.1 Å². The summed E-state index contributed by atoms with van der Waals surface area (Å²) in [6.45, 7) is 0.792. The van der Waals surface area contributed by atoms with Gasteiger partial charge >= 0.3 is 0 Å². The van der Waals surface area contributed by atoms with Crippen LogP contribution >= 0.6 is 15.9 Å². The van der Waals surface area contributed by atoms with Crippen LogP contribution in [0.15, 0.2) is 46.9 Å². The van der Waals surface area contributed by atoms with Crippen LogP contribution < -0.4 is 10.6 Å². The summed E-state index contributed by atoms with van der Waals surface area (Å²) in [7, 11) is 1.55. The molecule has 0 aliphatic rings. The number of anilines is 1. The second kappa shape index (κ2) is 8.40. The summed E-state index contributed by atoms with van der Waals surface area (Å²) in [5, 5.41) is 5.39. The van der Waals surface area contributed by atoms with Gasteiger partial charge in [-0.05, 0) is 30.3 Å². The zero-order valence-corrected chi connectivity index (χ0v) is 14.1. The van der Waals surface area contributed by atoms with E-state index in [1.807, 2.05) is 12.1 Å². The summed E-state index contributed by atoms with van der Waals surface area (Å²) >= 11 is 3.34. The van der Waals surface area contributed by atoms with Crippen LogP contribution in [0.5, 0.6) is 0 Å². The number of carbonyl (C=O) groups is 2. The fourth-order valence-corrected chi connectivity index (χ4v) is 2.21. The number of ether oxygens (including phenoxy) is 1. The molecule has 2 aromatic rings. The molecule has 0 saturated heterocycles. The molecule has 0 bridgehead atoms. The monoisotopic (exact) mass is 377 g/mol. The van der Waals surface area contributed by atoms with Gasteiger partial charge in [0.2, 0.25) is 0 Å². The lowest BCUT2D eigenvalue weighted by Crippen LogP contribution is -2.28. The number of hydrogen-bond acceptors (Lipinski definition) is 4. The Kier molecular flexibility index (Phi) is 6.25. The number of nitrogens with one attached hydrogen (secondary N) is 2. The van der Waals surface area contributed by atoms with E-state index in [1.54, 1.807) is 37.4 Å². The molecule has 2 amide bonds. The van der Waals surface area contributed by atoms with E-state index in [0.29, 0.717) is 18.8 Å². The largest absolute Gasteiger partial charge is 0.383 e. The topological polar surface area (TPSA) is 80.3 Å². The number of methoxy groups -OCH3 is 1. The van der Waals surface area contributed by atoms with Crippen molar-refractivity contribution in [3.63, 3.8) is 0 Å². The van der Waals surface area contributed by atoms with E-state index >= 15 is 0 Å². The van der Waals surface area contributed by atoms with E-state index in [2.05, 4.69) is 31.5 Å². The molecule has 1 heterocycles. The molecule has 7 heteroatoms. The van der Waals surface area contributed by atoms with E-state index in [9.17, 15) is 9.59 Å². The van der Waals surface area contributed by atoms with E-state index in [0.717, 1.165) is 4.47 Å². The molecule has 0 saturated carbocycles. The number of carbonyl (C=O) groups excluding carboxylic acids is 2. The fourth-order valence-electron chi connectivity index (χ4n) is 1.81. The number of aromatic nitrogens is 1. The number of halogens is 1. The molecule has 2 rings (SSSR count). The summed E-state index contributed by atoms with van der Waals surface area (Å²) in [6, 6.07) is 11.9. The average molecular weight is 378 g/mol. The molecule has 23 heavy (non-hydrogen) atoms. The summed E-state index contributed by atoms with van der Waals surface area (Å²) < 4.78 is 5.72. The van der Waals surface area contributed by atoms with E-state index < -0.39 is 0 Å². The molecular weight excluding hydrogens is 362 g/mol. The van der Waals surface area contributed by atoms with Crippen LogP contribution in [0.4, 0.5) is 5.69 Å². The maximum Gasteiger partial charge on any atom is 0.274 e. The Morgan fingerprint density at radius 2 is 1.83 bits per heavy atom. The Bertz CT molecular complexity index is 706. The lowest BCUT2D eigenvalue weighted by atomic mass is 10.2. The number of pyridine rings is 1. The Balaban J connectivity index is 2.06. The van der Waals surface area contributed by atoms with E-state index in [1.165, 1.54) is 0 Å². The molecule has 0 fully saturated rings. The molecule has 1 aromatic carbocycles. The van der Waals surface area contributed by atoms with E-state index in [4.69, 9.17) is 4.74 Å². The third-order valence-corrected chi connectivity index (χ3v) is 3.38. The van der Waals surface area contributed by atoms with Crippen molar-refractivity contribution < 1.29 is 14.3 Å². The highest BCUT2D eigenvalue weighted by molar-refractivity contribution is 9.10. The van der Waals surface area contributed by atoms with Gasteiger partial charge < -0.3 is 15.4 Å². The first kappa shape index (κ1) is 17.1. The molecule has 0 aliphatic heterocycles. The summed E-state index contributed by atoms with van der Waals surface area (Å²) in [5.41, 5.74) is 0.994. The lowest BCUT2D eigenvalue weighted by molar-refractivity contribution is 0.0932. The van der Waals surface area contributed by atoms with E-state index in [-0.39, 0.29) is 23.2 Å². The summed E-state index contributed by atoms with van der Waals surface area (Å²) in [6.07, 6.45) is 0. The normalized spacial score (nSPS) is 10.2. The molecule has 0 unspecified atom stereocenters. The van der Waals surface area contributed by atoms with Gasteiger partial charge in [0.05, 0.1) is 6.61 Å². The maximum absolute atomic E-state index is 12.2. The summed E-state index contributed by atoms with van der Waals surface area (Å²) in [5.74, 6) is -0.728. The molecule has 1 aromatic heterocycles. The number of nitrogens with zero attached hydrogens (tertiary/aromatic N) is 1. The lowest BCUT2D eigenvalue weighted by Gasteiger charge is -2.07. The van der Waals surface area contributed by atoms with Gasteiger partial charge in [-0.2, -0.15) is 0 Å². The van der Waals surface area contributed by atoms with Gasteiger partial charge in [-0.15, -0.1) is 0 Å². The first-order chi connectivity index (χ1) is 11.1. The minimum absolute atomic E-state index is 0.171. The number of hydrogen-bond donors (Lipinski definition) is 2. The van der Waals surface area contributed by atoms with Crippen LogP contribution in [0.1, 0.15) is 21.0 Å². The Labute approximate surface area is 142 Å². The smallest absolute Gasteiger partial charge is 0.274 e. The van der Waals surface area contributed by atoms with Crippen LogP contribution in [0, 0.1) is 0 Å². The number of rotatable bonds is 6. The van der Waals surface area contributed by atoms with Crippen molar-refractivity contribution >= 4 is 33.4 Å². The zero-order chi connectivity index (χ0) is 16.7. The summed E-state index contributed by atoms with van der Waals surface area (Å²) in [4.78, 5) is 28.2. The third kappa shape index (κ3) is 5.15. The molecular formula is C16H16BrN3O3. The van der Waals surface area contributed by atoms with Crippen molar-refractivity contribution in [2.45, 2.75) is 0 Å². The van der Waals surface area contributed by atoms with Gasteiger partial charge in [-0.25, -0.2) is 4.98 Å². The first-order valence-corrected chi connectivity index (χ1v) is 7.70. The van der Waals surface area contributed by atoms with Crippen molar-refractivity contribution in [2.75, 3.05) is 25.6 Å². The van der Waals surface area contributed by atoms with Crippen molar-refractivity contribution in [2.24, 2.45) is 0 Å². The van der Waals surface area contributed by atoms with Crippen molar-refractivity contribution in [1.29, 1.82) is 0 Å². The van der Waals surface area contributed by atoms with Crippen LogP contribution in [0.3, 0.4) is 0 Å². The highest BCUT2D eigenvalue weighted by Crippen LogP contribution is 2.16. The van der Waals surface area contributed by atoms with Gasteiger partial charge in [-0.3, -0.25) is 9.59 Å². The van der Waals surface area contributed by atoms with Crippen molar-refractivity contribution in [1.82, 2.24) is 10.3 Å². The quantitative estimate of drug-likeness (QED) is 0.757. The molecule has 2 N–H and O–H groups in total. The number of benzene rings is 1. The van der Waals surface area contributed by atoms with Crippen LogP contribution in [0.2, 0.25) is 0 Å². The first-order valence-electron chi connectivity index (χ1n) is 6.91. The Morgan fingerprint density at radius 1 is 1.13 bits per heavy atom. The molecule has 0 spiro atoms. The molecule has 0 radical (unpaired) electrons. The molecule has 120 valence electrons. The predicted octanol–water partition coefficient (Wildman–Crippen LogP) is 2.47. The van der Waals surface area contributed by atoms with Gasteiger partial charge in [0.1, 0.15) is 11.4 Å². The minimum Gasteiger partial charge on any atom is -0.383 e. The fraction of sp³-hybridized carbons (Fsp3) is 0.188. The third-order valence-electron chi connectivity index (χ3n) is 2.89. The second-order valence-corrected chi connectivity index (χ2v) is 5.54. The van der Waals surface area contributed by atoms with Crippen molar-refractivity contribution in [3.8, 4) is 0 Å². The second-order valence-electron chi connectivity index (χ2n) is 4.62. The minimum atomic E-state index is -0.380. The Morgan fingerprint density at radius 3 is 2.52 bits per heavy atom. The van der Waals surface area contributed by atoms with Crippen LogP contribution in [0.25, 0.3) is 0 Å².